The van der Waals surface area contributed by atoms with Gasteiger partial charge in [-0.25, -0.2) is 4.98 Å². The summed E-state index contributed by atoms with van der Waals surface area (Å²) < 4.78 is 0. The molecule has 0 aliphatic rings. The lowest BCUT2D eigenvalue weighted by Gasteiger charge is -2.09. The van der Waals surface area contributed by atoms with E-state index in [1.807, 2.05) is 49.4 Å². The largest absolute Gasteiger partial charge is 0.389 e. The van der Waals surface area contributed by atoms with Crippen molar-refractivity contribution in [3.63, 3.8) is 0 Å². The predicted molar refractivity (Wildman–Crippen MR) is 89.9 cm³/mol. The first-order chi connectivity index (χ1) is 10.1. The Kier molecular flexibility index (Phi) is 3.50. The maximum Gasteiger partial charge on any atom is 0.131 e. The van der Waals surface area contributed by atoms with E-state index in [0.29, 0.717) is 4.99 Å². The monoisotopic (exact) mass is 294 g/mol. The molecule has 1 aromatic carbocycles. The molecule has 3 rings (SSSR count). The van der Waals surface area contributed by atoms with Crippen LogP contribution in [0.5, 0.6) is 0 Å². The zero-order valence-corrected chi connectivity index (χ0v) is 12.3. The summed E-state index contributed by atoms with van der Waals surface area (Å²) >= 11 is 5.02. The molecule has 104 valence electrons. The van der Waals surface area contributed by atoms with Crippen molar-refractivity contribution < 1.29 is 0 Å². The third-order valence-electron chi connectivity index (χ3n) is 3.11. The molecule has 3 aromatic rings. The van der Waals surface area contributed by atoms with Crippen LogP contribution in [0.15, 0.2) is 48.7 Å². The van der Waals surface area contributed by atoms with Crippen LogP contribution in [0.25, 0.3) is 10.9 Å². The molecule has 0 unspecified atom stereocenters. The van der Waals surface area contributed by atoms with Crippen LogP contribution in [0.4, 0.5) is 11.5 Å². The summed E-state index contributed by atoms with van der Waals surface area (Å²) in [6.45, 7) is 1.91. The molecule has 0 saturated heterocycles. The number of aromatic nitrogens is 2. The molecule has 2 heterocycles. The van der Waals surface area contributed by atoms with Crippen LogP contribution in [-0.2, 0) is 0 Å². The van der Waals surface area contributed by atoms with Gasteiger partial charge in [-0.15, -0.1) is 0 Å². The zero-order valence-electron chi connectivity index (χ0n) is 11.5. The van der Waals surface area contributed by atoms with E-state index in [9.17, 15) is 0 Å². The van der Waals surface area contributed by atoms with E-state index in [1.165, 1.54) is 0 Å². The second-order valence-electron chi connectivity index (χ2n) is 4.78. The maximum absolute atomic E-state index is 5.69. The molecule has 0 bridgehead atoms. The van der Waals surface area contributed by atoms with Crippen LogP contribution in [0.1, 0.15) is 11.3 Å². The summed E-state index contributed by atoms with van der Waals surface area (Å²) in [7, 11) is 0. The van der Waals surface area contributed by atoms with Gasteiger partial charge < -0.3 is 11.1 Å². The summed E-state index contributed by atoms with van der Waals surface area (Å²) in [5.41, 5.74) is 9.27. The van der Waals surface area contributed by atoms with Crippen LogP contribution in [0.3, 0.4) is 0 Å². The van der Waals surface area contributed by atoms with Gasteiger partial charge in [0.2, 0.25) is 0 Å². The molecule has 0 atom stereocenters. The standard InChI is InChI=1S/C16H14N4S/c1-10-7-12(16(17)21)9-15(19-10)20-13-4-5-14-11(8-13)3-2-6-18-14/h2-9H,1H3,(H2,17,21)(H,19,20). The molecule has 0 spiro atoms. The molecule has 4 nitrogen and oxygen atoms in total. The smallest absolute Gasteiger partial charge is 0.131 e. The van der Waals surface area contributed by atoms with Crippen molar-refractivity contribution in [2.75, 3.05) is 5.32 Å². The molecule has 2 aromatic heterocycles. The molecule has 0 fully saturated rings. The summed E-state index contributed by atoms with van der Waals surface area (Å²) in [6, 6.07) is 13.6. The third-order valence-corrected chi connectivity index (χ3v) is 3.35. The number of fused-ring (bicyclic) bond motifs is 1. The first-order valence-corrected chi connectivity index (χ1v) is 6.93. The van der Waals surface area contributed by atoms with Crippen LogP contribution in [0.2, 0.25) is 0 Å². The van der Waals surface area contributed by atoms with Crippen molar-refractivity contribution in [2.45, 2.75) is 6.92 Å². The third kappa shape index (κ3) is 2.98. The summed E-state index contributed by atoms with van der Waals surface area (Å²) in [5.74, 6) is 0.723. The highest BCUT2D eigenvalue weighted by atomic mass is 32.1. The van der Waals surface area contributed by atoms with E-state index in [2.05, 4.69) is 15.3 Å². The number of nitrogens with one attached hydrogen (secondary N) is 1. The number of rotatable bonds is 3. The van der Waals surface area contributed by atoms with Crippen LogP contribution in [0, 0.1) is 6.92 Å². The first-order valence-electron chi connectivity index (χ1n) is 6.52. The van der Waals surface area contributed by atoms with Gasteiger partial charge in [-0.3, -0.25) is 4.98 Å². The minimum absolute atomic E-state index is 0.367. The normalized spacial score (nSPS) is 10.5. The molecule has 0 aliphatic carbocycles. The van der Waals surface area contributed by atoms with Crippen molar-refractivity contribution in [1.29, 1.82) is 0 Å². The molecule has 5 heteroatoms. The van der Waals surface area contributed by atoms with Crippen molar-refractivity contribution in [3.05, 3.63) is 59.9 Å². The van der Waals surface area contributed by atoms with Gasteiger partial charge in [-0.05, 0) is 43.3 Å². The summed E-state index contributed by atoms with van der Waals surface area (Å²) in [4.78, 5) is 9.12. The van der Waals surface area contributed by atoms with Crippen LogP contribution >= 0.6 is 12.2 Å². The Hall–Kier alpha value is -2.53. The Bertz CT molecular complexity index is 829. The molecule has 21 heavy (non-hydrogen) atoms. The summed E-state index contributed by atoms with van der Waals surface area (Å²) in [5, 5.41) is 4.35. The highest BCUT2D eigenvalue weighted by Crippen LogP contribution is 2.21. The molecular formula is C16H14N4S. The van der Waals surface area contributed by atoms with E-state index < -0.39 is 0 Å². The van der Waals surface area contributed by atoms with E-state index in [-0.39, 0.29) is 0 Å². The van der Waals surface area contributed by atoms with E-state index in [1.54, 1.807) is 6.20 Å². The lowest BCUT2D eigenvalue weighted by Crippen LogP contribution is -2.10. The molecule has 3 N–H and O–H groups in total. The Morgan fingerprint density at radius 3 is 2.86 bits per heavy atom. The fourth-order valence-corrected chi connectivity index (χ4v) is 2.29. The van der Waals surface area contributed by atoms with Crippen molar-refractivity contribution >= 4 is 39.6 Å². The average molecular weight is 294 g/mol. The topological polar surface area (TPSA) is 63.8 Å². The number of benzene rings is 1. The van der Waals surface area contributed by atoms with Crippen LogP contribution in [-0.4, -0.2) is 15.0 Å². The van der Waals surface area contributed by atoms with Crippen molar-refractivity contribution in [2.24, 2.45) is 5.73 Å². The summed E-state index contributed by atoms with van der Waals surface area (Å²) in [6.07, 6.45) is 1.78. The molecule has 0 aliphatic heterocycles. The van der Waals surface area contributed by atoms with Crippen LogP contribution < -0.4 is 11.1 Å². The zero-order chi connectivity index (χ0) is 14.8. The number of pyridine rings is 2. The fraction of sp³-hybridized carbons (Fsp3) is 0.0625. The fourth-order valence-electron chi connectivity index (χ4n) is 2.18. The Labute approximate surface area is 128 Å². The van der Waals surface area contributed by atoms with Crippen molar-refractivity contribution in [3.8, 4) is 0 Å². The minimum atomic E-state index is 0.367. The maximum atomic E-state index is 5.69. The molecule has 0 radical (unpaired) electrons. The van der Waals surface area contributed by atoms with Gasteiger partial charge in [0, 0.05) is 28.5 Å². The van der Waals surface area contributed by atoms with E-state index in [0.717, 1.165) is 33.7 Å². The van der Waals surface area contributed by atoms with Crippen molar-refractivity contribution in [1.82, 2.24) is 9.97 Å². The SMILES string of the molecule is Cc1cc(C(N)=S)cc(Nc2ccc3ncccc3c2)n1. The molecule has 0 saturated carbocycles. The lowest BCUT2D eigenvalue weighted by molar-refractivity contribution is 1.19. The lowest BCUT2D eigenvalue weighted by atomic mass is 10.2. The second-order valence-corrected chi connectivity index (χ2v) is 5.22. The Morgan fingerprint density at radius 2 is 2.05 bits per heavy atom. The number of thiocarbonyl (C=S) groups is 1. The first kappa shape index (κ1) is 13.5. The number of nitrogens with zero attached hydrogens (tertiary/aromatic N) is 2. The molecular weight excluding hydrogens is 280 g/mol. The number of hydrogen-bond donors (Lipinski definition) is 2. The predicted octanol–water partition coefficient (Wildman–Crippen LogP) is 3.32. The average Bonchev–Trinajstić information content (AvgIpc) is 2.46. The van der Waals surface area contributed by atoms with Gasteiger partial charge in [0.15, 0.2) is 0 Å². The van der Waals surface area contributed by atoms with Gasteiger partial charge in [0.25, 0.3) is 0 Å². The quantitative estimate of drug-likeness (QED) is 0.726. The van der Waals surface area contributed by atoms with Gasteiger partial charge in [-0.2, -0.15) is 0 Å². The highest BCUT2D eigenvalue weighted by molar-refractivity contribution is 7.80. The highest BCUT2D eigenvalue weighted by Gasteiger charge is 2.04. The Morgan fingerprint density at radius 1 is 1.19 bits per heavy atom. The number of hydrogen-bond acceptors (Lipinski definition) is 4. The van der Waals surface area contributed by atoms with E-state index in [4.69, 9.17) is 18.0 Å². The van der Waals surface area contributed by atoms with Gasteiger partial charge in [0.05, 0.1) is 5.52 Å². The van der Waals surface area contributed by atoms with Gasteiger partial charge >= 0.3 is 0 Å². The second kappa shape index (κ2) is 5.46. The van der Waals surface area contributed by atoms with E-state index >= 15 is 0 Å². The minimum Gasteiger partial charge on any atom is -0.389 e. The Balaban J connectivity index is 1.96. The number of aryl methyl sites for hydroxylation is 1. The number of anilines is 2. The molecule has 0 amide bonds. The number of nitrogens with two attached hydrogens (primary N) is 1. The van der Waals surface area contributed by atoms with Gasteiger partial charge in [-0.1, -0.05) is 18.3 Å². The van der Waals surface area contributed by atoms with Gasteiger partial charge in [0.1, 0.15) is 10.8 Å².